The van der Waals surface area contributed by atoms with E-state index in [1.165, 1.54) is 0 Å². The first-order valence-corrected chi connectivity index (χ1v) is 3.99. The lowest BCUT2D eigenvalue weighted by Crippen LogP contribution is -2.30. The Morgan fingerprint density at radius 2 is 2.15 bits per heavy atom. The average molecular weight is 180 g/mol. The third kappa shape index (κ3) is 2.70. The van der Waals surface area contributed by atoms with Gasteiger partial charge in [0.2, 0.25) is 0 Å². The summed E-state index contributed by atoms with van der Waals surface area (Å²) in [4.78, 5) is 11.3. The lowest BCUT2D eigenvalue weighted by Gasteiger charge is -2.06. The molecule has 5 heteroatoms. The fourth-order valence-corrected chi connectivity index (χ4v) is 0.800. The van der Waals surface area contributed by atoms with E-state index in [1.54, 1.807) is 12.1 Å². The normalized spacial score (nSPS) is 10.1. The topological polar surface area (TPSA) is 80.9 Å². The quantitative estimate of drug-likeness (QED) is 0.681. The highest BCUT2D eigenvalue weighted by molar-refractivity contribution is 5.92. The molecule has 0 aliphatic carbocycles. The van der Waals surface area contributed by atoms with Gasteiger partial charge in [0, 0.05) is 6.04 Å². The summed E-state index contributed by atoms with van der Waals surface area (Å²) >= 11 is 0. The number of anilines is 1. The second-order valence-corrected chi connectivity index (χ2v) is 2.97. The Morgan fingerprint density at radius 1 is 1.46 bits per heavy atom. The molecule has 1 aromatic rings. The van der Waals surface area contributed by atoms with Gasteiger partial charge in [0.05, 0.1) is 0 Å². The Balaban J connectivity index is 2.72. The summed E-state index contributed by atoms with van der Waals surface area (Å²) in [5.41, 5.74) is 5.60. The lowest BCUT2D eigenvalue weighted by atomic mass is 10.3. The molecule has 1 aromatic heterocycles. The van der Waals surface area contributed by atoms with Crippen LogP contribution in [0, 0.1) is 0 Å². The van der Waals surface area contributed by atoms with E-state index >= 15 is 0 Å². The molecule has 1 amide bonds. The van der Waals surface area contributed by atoms with Crippen LogP contribution in [0.4, 0.5) is 5.82 Å². The van der Waals surface area contributed by atoms with Crippen LogP contribution in [0.5, 0.6) is 0 Å². The van der Waals surface area contributed by atoms with Crippen molar-refractivity contribution < 1.29 is 4.79 Å². The van der Waals surface area contributed by atoms with Gasteiger partial charge in [0.1, 0.15) is 5.82 Å². The van der Waals surface area contributed by atoms with E-state index in [4.69, 9.17) is 5.73 Å². The molecule has 0 atom stereocenters. The zero-order valence-corrected chi connectivity index (χ0v) is 7.61. The number of nitrogens with zero attached hydrogens (tertiary/aromatic N) is 2. The van der Waals surface area contributed by atoms with Gasteiger partial charge < -0.3 is 11.1 Å². The first-order valence-electron chi connectivity index (χ1n) is 3.99. The molecule has 0 saturated heterocycles. The molecule has 0 bridgehead atoms. The van der Waals surface area contributed by atoms with E-state index in [0.717, 1.165) is 0 Å². The van der Waals surface area contributed by atoms with Crippen molar-refractivity contribution in [2.45, 2.75) is 19.9 Å². The van der Waals surface area contributed by atoms with Crippen molar-refractivity contribution >= 4 is 11.7 Å². The maximum Gasteiger partial charge on any atom is 0.271 e. The summed E-state index contributed by atoms with van der Waals surface area (Å²) in [6, 6.07) is 3.18. The maximum atomic E-state index is 11.3. The van der Waals surface area contributed by atoms with E-state index < -0.39 is 0 Å². The number of nitrogens with two attached hydrogens (primary N) is 1. The number of carbonyl (C=O) groups excluding carboxylic acids is 1. The molecule has 1 heterocycles. The predicted octanol–water partition coefficient (Wildman–Crippen LogP) is 0.197. The largest absolute Gasteiger partial charge is 0.382 e. The number of aromatic nitrogens is 2. The number of hydrogen-bond donors (Lipinski definition) is 2. The minimum absolute atomic E-state index is 0.0897. The van der Waals surface area contributed by atoms with Crippen LogP contribution in [0.25, 0.3) is 0 Å². The smallest absolute Gasteiger partial charge is 0.271 e. The monoisotopic (exact) mass is 180 g/mol. The van der Waals surface area contributed by atoms with Crippen molar-refractivity contribution in [2.24, 2.45) is 0 Å². The Labute approximate surface area is 76.4 Å². The first kappa shape index (κ1) is 9.44. The zero-order chi connectivity index (χ0) is 9.84. The third-order valence-corrected chi connectivity index (χ3v) is 1.34. The van der Waals surface area contributed by atoms with Crippen molar-refractivity contribution in [1.29, 1.82) is 0 Å². The molecule has 0 aromatic carbocycles. The SMILES string of the molecule is CC(C)NC(=O)c1ccc(N)nn1. The predicted molar refractivity (Wildman–Crippen MR) is 49.0 cm³/mol. The number of carbonyl (C=O) groups is 1. The van der Waals surface area contributed by atoms with Crippen molar-refractivity contribution in [3.8, 4) is 0 Å². The summed E-state index contributed by atoms with van der Waals surface area (Å²) in [6.45, 7) is 3.76. The maximum absolute atomic E-state index is 11.3. The summed E-state index contributed by atoms with van der Waals surface area (Å²) in [7, 11) is 0. The molecule has 0 radical (unpaired) electrons. The Hall–Kier alpha value is -1.65. The summed E-state index contributed by atoms with van der Waals surface area (Å²) in [6.07, 6.45) is 0. The van der Waals surface area contributed by atoms with E-state index in [9.17, 15) is 4.79 Å². The molecule has 0 unspecified atom stereocenters. The van der Waals surface area contributed by atoms with Crippen LogP contribution in [-0.2, 0) is 0 Å². The zero-order valence-electron chi connectivity index (χ0n) is 7.61. The third-order valence-electron chi connectivity index (χ3n) is 1.34. The van der Waals surface area contributed by atoms with Crippen LogP contribution in [0.15, 0.2) is 12.1 Å². The molecule has 3 N–H and O–H groups in total. The molecular formula is C8H12N4O. The standard InChI is InChI=1S/C8H12N4O/c1-5(2)10-8(13)6-3-4-7(9)12-11-6/h3-5H,1-2H3,(H2,9,12)(H,10,13). The van der Waals surface area contributed by atoms with Gasteiger partial charge in [-0.15, -0.1) is 10.2 Å². The van der Waals surface area contributed by atoms with Gasteiger partial charge in [0.15, 0.2) is 5.69 Å². The molecule has 70 valence electrons. The van der Waals surface area contributed by atoms with Crippen LogP contribution >= 0.6 is 0 Å². The Morgan fingerprint density at radius 3 is 2.62 bits per heavy atom. The molecule has 0 aliphatic rings. The molecule has 0 saturated carbocycles. The Bertz CT molecular complexity index is 294. The molecule has 13 heavy (non-hydrogen) atoms. The van der Waals surface area contributed by atoms with E-state index in [0.29, 0.717) is 5.82 Å². The number of nitrogen functional groups attached to an aromatic ring is 1. The highest BCUT2D eigenvalue weighted by Crippen LogP contribution is 1.97. The van der Waals surface area contributed by atoms with Gasteiger partial charge >= 0.3 is 0 Å². The number of amides is 1. The second kappa shape index (κ2) is 3.84. The number of rotatable bonds is 2. The number of hydrogen-bond acceptors (Lipinski definition) is 4. The van der Waals surface area contributed by atoms with Gasteiger partial charge in [-0.2, -0.15) is 0 Å². The molecule has 0 spiro atoms. The first-order chi connectivity index (χ1) is 6.09. The van der Waals surface area contributed by atoms with Gasteiger partial charge in [-0.1, -0.05) is 0 Å². The highest BCUT2D eigenvalue weighted by Gasteiger charge is 2.07. The Kier molecular flexibility index (Phi) is 2.79. The van der Waals surface area contributed by atoms with Crippen molar-refractivity contribution in [3.05, 3.63) is 17.8 Å². The van der Waals surface area contributed by atoms with Crippen molar-refractivity contribution in [2.75, 3.05) is 5.73 Å². The van der Waals surface area contributed by atoms with Gasteiger partial charge in [-0.05, 0) is 26.0 Å². The summed E-state index contributed by atoms with van der Waals surface area (Å²) in [5.74, 6) is 0.0728. The minimum Gasteiger partial charge on any atom is -0.382 e. The lowest BCUT2D eigenvalue weighted by molar-refractivity contribution is 0.0937. The molecule has 0 aliphatic heterocycles. The van der Waals surface area contributed by atoms with Crippen molar-refractivity contribution in [3.63, 3.8) is 0 Å². The second-order valence-electron chi connectivity index (χ2n) is 2.97. The van der Waals surface area contributed by atoms with Gasteiger partial charge in [0.25, 0.3) is 5.91 Å². The number of nitrogens with one attached hydrogen (secondary N) is 1. The van der Waals surface area contributed by atoms with Crippen LogP contribution in [0.1, 0.15) is 24.3 Å². The fraction of sp³-hybridized carbons (Fsp3) is 0.375. The summed E-state index contributed by atoms with van der Waals surface area (Å²) < 4.78 is 0. The van der Waals surface area contributed by atoms with Crippen molar-refractivity contribution in [1.82, 2.24) is 15.5 Å². The van der Waals surface area contributed by atoms with Gasteiger partial charge in [-0.3, -0.25) is 4.79 Å². The van der Waals surface area contributed by atoms with Crippen LogP contribution in [-0.4, -0.2) is 22.1 Å². The van der Waals surface area contributed by atoms with E-state index in [-0.39, 0.29) is 17.6 Å². The van der Waals surface area contributed by atoms with Crippen LogP contribution in [0.3, 0.4) is 0 Å². The van der Waals surface area contributed by atoms with Crippen LogP contribution < -0.4 is 11.1 Å². The highest BCUT2D eigenvalue weighted by atomic mass is 16.1. The van der Waals surface area contributed by atoms with E-state index in [1.807, 2.05) is 13.8 Å². The average Bonchev–Trinajstić information content (AvgIpc) is 2.04. The van der Waals surface area contributed by atoms with E-state index in [2.05, 4.69) is 15.5 Å². The summed E-state index contributed by atoms with van der Waals surface area (Å²) in [5, 5.41) is 9.91. The molecule has 1 rings (SSSR count). The fourth-order valence-electron chi connectivity index (χ4n) is 0.800. The molecule has 0 fully saturated rings. The molecular weight excluding hydrogens is 168 g/mol. The minimum atomic E-state index is -0.234. The van der Waals surface area contributed by atoms with Crippen LogP contribution in [0.2, 0.25) is 0 Å². The van der Waals surface area contributed by atoms with Gasteiger partial charge in [-0.25, -0.2) is 0 Å². The molecule has 5 nitrogen and oxygen atoms in total.